The molecule has 0 unspecified atom stereocenters. The first-order valence-corrected chi connectivity index (χ1v) is 7.51. The summed E-state index contributed by atoms with van der Waals surface area (Å²) in [5.74, 6) is -1.33. The molecule has 0 aliphatic heterocycles. The van der Waals surface area contributed by atoms with Crippen LogP contribution in [-0.4, -0.2) is 24.2 Å². The molecule has 1 aromatic carbocycles. The Hall–Kier alpha value is -1.84. The molecule has 1 fully saturated rings. The predicted molar refractivity (Wildman–Crippen MR) is 83.0 cm³/mol. The molecule has 4 heteroatoms. The second-order valence-electron chi connectivity index (χ2n) is 5.64. The number of hydrogen-bond donors (Lipinski definition) is 1. The summed E-state index contributed by atoms with van der Waals surface area (Å²) in [6.45, 7) is 0. The Morgan fingerprint density at radius 2 is 1.95 bits per heavy atom. The van der Waals surface area contributed by atoms with Gasteiger partial charge < -0.3 is 10.0 Å². The van der Waals surface area contributed by atoms with Gasteiger partial charge in [-0.25, -0.2) is 9.18 Å². The summed E-state index contributed by atoms with van der Waals surface area (Å²) >= 11 is 0. The second-order valence-corrected chi connectivity index (χ2v) is 5.64. The fraction of sp³-hybridized carbons (Fsp3) is 0.471. The molecular formula is C17H22FNO2. The first-order chi connectivity index (χ1) is 10.1. The number of aliphatic carboxylic acids is 1. The highest BCUT2D eigenvalue weighted by Gasteiger charge is 2.19. The van der Waals surface area contributed by atoms with Gasteiger partial charge in [0.05, 0.1) is 5.69 Å². The average molecular weight is 291 g/mol. The lowest BCUT2D eigenvalue weighted by atomic mass is 10.1. The molecule has 0 heterocycles. The van der Waals surface area contributed by atoms with E-state index < -0.39 is 5.97 Å². The lowest BCUT2D eigenvalue weighted by molar-refractivity contribution is -0.131. The van der Waals surface area contributed by atoms with Crippen LogP contribution in [0.25, 0.3) is 6.08 Å². The molecule has 1 aromatic rings. The van der Waals surface area contributed by atoms with E-state index in [0.717, 1.165) is 18.9 Å². The molecule has 2 rings (SSSR count). The van der Waals surface area contributed by atoms with Crippen LogP contribution >= 0.6 is 0 Å². The average Bonchev–Trinajstić information content (AvgIpc) is 2.73. The maximum absolute atomic E-state index is 14.3. The zero-order valence-electron chi connectivity index (χ0n) is 12.4. The molecule has 3 nitrogen and oxygen atoms in total. The van der Waals surface area contributed by atoms with Crippen molar-refractivity contribution >= 4 is 17.7 Å². The van der Waals surface area contributed by atoms with Crippen LogP contribution in [0.4, 0.5) is 10.1 Å². The summed E-state index contributed by atoms with van der Waals surface area (Å²) in [6, 6.07) is 5.27. The number of rotatable bonds is 4. The van der Waals surface area contributed by atoms with E-state index in [1.165, 1.54) is 37.8 Å². The third-order valence-corrected chi connectivity index (χ3v) is 4.14. The van der Waals surface area contributed by atoms with Gasteiger partial charge in [0.25, 0.3) is 0 Å². The number of nitrogens with zero attached hydrogens (tertiary/aromatic N) is 1. The molecular weight excluding hydrogens is 269 g/mol. The van der Waals surface area contributed by atoms with Gasteiger partial charge >= 0.3 is 5.97 Å². The van der Waals surface area contributed by atoms with E-state index in [0.29, 0.717) is 17.3 Å². The van der Waals surface area contributed by atoms with Gasteiger partial charge in [0.2, 0.25) is 0 Å². The molecule has 1 aliphatic rings. The van der Waals surface area contributed by atoms with Crippen molar-refractivity contribution in [1.29, 1.82) is 0 Å². The maximum atomic E-state index is 14.3. The van der Waals surface area contributed by atoms with E-state index in [1.807, 2.05) is 11.9 Å². The third-order valence-electron chi connectivity index (χ3n) is 4.14. The Labute approximate surface area is 125 Å². The van der Waals surface area contributed by atoms with Crippen LogP contribution in [0.1, 0.15) is 44.1 Å². The van der Waals surface area contributed by atoms with E-state index >= 15 is 0 Å². The van der Waals surface area contributed by atoms with Crippen molar-refractivity contribution in [3.05, 3.63) is 35.7 Å². The van der Waals surface area contributed by atoms with Gasteiger partial charge in [0.15, 0.2) is 0 Å². The van der Waals surface area contributed by atoms with Crippen LogP contribution in [0.15, 0.2) is 24.3 Å². The zero-order valence-corrected chi connectivity index (χ0v) is 12.4. The Morgan fingerprint density at radius 1 is 1.29 bits per heavy atom. The number of carbonyl (C=O) groups is 1. The van der Waals surface area contributed by atoms with Gasteiger partial charge in [-0.1, -0.05) is 31.7 Å². The highest BCUT2D eigenvalue weighted by molar-refractivity contribution is 5.85. The monoisotopic (exact) mass is 291 g/mol. The molecule has 21 heavy (non-hydrogen) atoms. The second kappa shape index (κ2) is 7.25. The Bertz CT molecular complexity index is 520. The van der Waals surface area contributed by atoms with Crippen molar-refractivity contribution < 1.29 is 14.3 Å². The first kappa shape index (κ1) is 15.5. The first-order valence-electron chi connectivity index (χ1n) is 7.51. The van der Waals surface area contributed by atoms with Crippen LogP contribution in [0.2, 0.25) is 0 Å². The van der Waals surface area contributed by atoms with E-state index in [9.17, 15) is 9.18 Å². The van der Waals surface area contributed by atoms with Crippen molar-refractivity contribution in [2.75, 3.05) is 11.9 Å². The van der Waals surface area contributed by atoms with E-state index in [-0.39, 0.29) is 5.82 Å². The van der Waals surface area contributed by atoms with Crippen LogP contribution < -0.4 is 4.90 Å². The SMILES string of the molecule is CN(c1ccc(/C=C/C(=O)O)cc1F)C1CCCCCC1. The zero-order chi connectivity index (χ0) is 15.2. The highest BCUT2D eigenvalue weighted by atomic mass is 19.1. The number of benzene rings is 1. The fourth-order valence-corrected chi connectivity index (χ4v) is 2.92. The molecule has 1 aliphatic carbocycles. The molecule has 1 N–H and O–H groups in total. The van der Waals surface area contributed by atoms with Gasteiger partial charge in [0, 0.05) is 19.2 Å². The molecule has 114 valence electrons. The number of hydrogen-bond acceptors (Lipinski definition) is 2. The molecule has 0 atom stereocenters. The van der Waals surface area contributed by atoms with E-state index in [4.69, 9.17) is 5.11 Å². The van der Waals surface area contributed by atoms with Crippen molar-refractivity contribution in [2.24, 2.45) is 0 Å². The third kappa shape index (κ3) is 4.31. The lowest BCUT2D eigenvalue weighted by Gasteiger charge is -2.29. The van der Waals surface area contributed by atoms with Gasteiger partial charge in [-0.2, -0.15) is 0 Å². The Morgan fingerprint density at radius 3 is 2.52 bits per heavy atom. The van der Waals surface area contributed by atoms with Crippen LogP contribution in [0.5, 0.6) is 0 Å². The summed E-state index contributed by atoms with van der Waals surface area (Å²) in [6.07, 6.45) is 9.58. The minimum absolute atomic E-state index is 0.297. The summed E-state index contributed by atoms with van der Waals surface area (Å²) in [5, 5.41) is 8.59. The molecule has 0 bridgehead atoms. The van der Waals surface area contributed by atoms with E-state index in [2.05, 4.69) is 0 Å². The summed E-state index contributed by atoms with van der Waals surface area (Å²) in [7, 11) is 1.95. The molecule has 0 aromatic heterocycles. The van der Waals surface area contributed by atoms with E-state index in [1.54, 1.807) is 12.1 Å². The van der Waals surface area contributed by atoms with Crippen molar-refractivity contribution in [2.45, 2.75) is 44.6 Å². The fourth-order valence-electron chi connectivity index (χ4n) is 2.92. The summed E-state index contributed by atoms with van der Waals surface area (Å²) in [4.78, 5) is 12.5. The van der Waals surface area contributed by atoms with Gasteiger partial charge in [0.1, 0.15) is 5.82 Å². The standard InChI is InChI=1S/C17H22FNO2/c1-19(14-6-4-2-3-5-7-14)16-10-8-13(12-15(16)18)9-11-17(20)21/h8-12,14H,2-7H2,1H3,(H,20,21)/b11-9+. The molecule has 1 saturated carbocycles. The quantitative estimate of drug-likeness (QED) is 0.671. The minimum atomic E-state index is -1.03. The maximum Gasteiger partial charge on any atom is 0.328 e. The van der Waals surface area contributed by atoms with Crippen LogP contribution in [0.3, 0.4) is 0 Å². The summed E-state index contributed by atoms with van der Waals surface area (Å²) in [5.41, 5.74) is 1.15. The number of carboxylic acid groups (broad SMARTS) is 1. The van der Waals surface area contributed by atoms with Crippen LogP contribution in [-0.2, 0) is 4.79 Å². The predicted octanol–water partition coefficient (Wildman–Crippen LogP) is 4.08. The van der Waals surface area contributed by atoms with Crippen molar-refractivity contribution in [3.63, 3.8) is 0 Å². The largest absolute Gasteiger partial charge is 0.478 e. The topological polar surface area (TPSA) is 40.5 Å². The Kier molecular flexibility index (Phi) is 5.37. The number of carboxylic acids is 1. The van der Waals surface area contributed by atoms with Crippen LogP contribution in [0, 0.1) is 5.82 Å². The molecule has 0 saturated heterocycles. The normalized spacial score (nSPS) is 16.9. The number of anilines is 1. The smallest absolute Gasteiger partial charge is 0.328 e. The number of halogens is 1. The minimum Gasteiger partial charge on any atom is -0.478 e. The van der Waals surface area contributed by atoms with Gasteiger partial charge in [-0.05, 0) is 36.6 Å². The molecule has 0 radical (unpaired) electrons. The highest BCUT2D eigenvalue weighted by Crippen LogP contribution is 2.28. The summed E-state index contributed by atoms with van der Waals surface area (Å²) < 4.78 is 14.3. The van der Waals surface area contributed by atoms with Gasteiger partial charge in [-0.3, -0.25) is 0 Å². The van der Waals surface area contributed by atoms with Gasteiger partial charge in [-0.15, -0.1) is 0 Å². The lowest BCUT2D eigenvalue weighted by Crippen LogP contribution is -2.31. The molecule has 0 amide bonds. The molecule has 0 spiro atoms. The van der Waals surface area contributed by atoms with Crippen molar-refractivity contribution in [3.8, 4) is 0 Å². The Balaban J connectivity index is 2.13. The van der Waals surface area contributed by atoms with Crippen molar-refractivity contribution in [1.82, 2.24) is 0 Å².